The molecular weight excluding hydrogens is 416 g/mol. The van der Waals surface area contributed by atoms with Gasteiger partial charge in [0.05, 0.1) is 19.8 Å². The quantitative estimate of drug-likeness (QED) is 0.513. The maximum absolute atomic E-state index is 12.4. The van der Waals surface area contributed by atoms with Gasteiger partial charge in [-0.15, -0.1) is 0 Å². The lowest BCUT2D eigenvalue weighted by Gasteiger charge is -2.15. The van der Waals surface area contributed by atoms with Crippen LogP contribution in [-0.4, -0.2) is 51.3 Å². The summed E-state index contributed by atoms with van der Waals surface area (Å²) in [6, 6.07) is 11.3. The van der Waals surface area contributed by atoms with Crippen molar-refractivity contribution >= 4 is 23.5 Å². The van der Waals surface area contributed by atoms with Gasteiger partial charge < -0.3 is 29.6 Å². The molecule has 1 unspecified atom stereocenters. The normalized spacial score (nSPS) is 11.1. The molecule has 9 heteroatoms. The van der Waals surface area contributed by atoms with Gasteiger partial charge in [-0.25, -0.2) is 4.79 Å². The number of carbonyl (C=O) groups is 3. The standard InChI is InChI=1S/C23H28N2O7/c1-5-12-24-22(27)15(2)32-23(28)16-6-11-19(20(13-16)30-4)31-14-21(26)25-17-7-9-18(29-3)10-8-17/h6-11,13,15H,5,12,14H2,1-4H3,(H,24,27)(H,25,26). The Labute approximate surface area is 187 Å². The molecular formula is C23H28N2O7. The highest BCUT2D eigenvalue weighted by molar-refractivity contribution is 5.93. The fourth-order valence-electron chi connectivity index (χ4n) is 2.60. The van der Waals surface area contributed by atoms with Gasteiger partial charge in [0, 0.05) is 12.2 Å². The van der Waals surface area contributed by atoms with Gasteiger partial charge in [-0.3, -0.25) is 9.59 Å². The van der Waals surface area contributed by atoms with Crippen LogP contribution >= 0.6 is 0 Å². The molecule has 0 radical (unpaired) electrons. The van der Waals surface area contributed by atoms with E-state index in [1.54, 1.807) is 31.4 Å². The molecule has 0 bridgehead atoms. The van der Waals surface area contributed by atoms with Crippen LogP contribution in [0.1, 0.15) is 30.6 Å². The van der Waals surface area contributed by atoms with Crippen LogP contribution in [-0.2, 0) is 14.3 Å². The number of carbonyl (C=O) groups excluding carboxylic acids is 3. The Balaban J connectivity index is 1.95. The predicted molar refractivity (Wildman–Crippen MR) is 118 cm³/mol. The van der Waals surface area contributed by atoms with Crippen LogP contribution in [0.5, 0.6) is 17.2 Å². The van der Waals surface area contributed by atoms with Crippen LogP contribution in [0, 0.1) is 0 Å². The average Bonchev–Trinajstić information content (AvgIpc) is 2.81. The molecule has 2 aromatic carbocycles. The van der Waals surface area contributed by atoms with Gasteiger partial charge >= 0.3 is 5.97 Å². The predicted octanol–water partition coefficient (Wildman–Crippen LogP) is 2.79. The van der Waals surface area contributed by atoms with Gasteiger partial charge in [-0.05, 0) is 55.8 Å². The molecule has 2 N–H and O–H groups in total. The molecule has 2 aromatic rings. The maximum atomic E-state index is 12.4. The van der Waals surface area contributed by atoms with E-state index in [1.165, 1.54) is 32.2 Å². The lowest BCUT2D eigenvalue weighted by atomic mass is 10.2. The Bertz CT molecular complexity index is 928. The van der Waals surface area contributed by atoms with Crippen molar-refractivity contribution < 1.29 is 33.3 Å². The molecule has 0 aromatic heterocycles. The number of nitrogens with one attached hydrogen (secondary N) is 2. The van der Waals surface area contributed by atoms with Crippen molar-refractivity contribution in [2.45, 2.75) is 26.4 Å². The van der Waals surface area contributed by atoms with Crippen LogP contribution in [0.2, 0.25) is 0 Å². The van der Waals surface area contributed by atoms with E-state index in [-0.39, 0.29) is 35.5 Å². The highest BCUT2D eigenvalue weighted by Crippen LogP contribution is 2.28. The second kappa shape index (κ2) is 12.2. The van der Waals surface area contributed by atoms with Gasteiger partial charge in [-0.1, -0.05) is 6.92 Å². The topological polar surface area (TPSA) is 112 Å². The minimum Gasteiger partial charge on any atom is -0.497 e. The van der Waals surface area contributed by atoms with Gasteiger partial charge in [0.25, 0.3) is 11.8 Å². The molecule has 172 valence electrons. The van der Waals surface area contributed by atoms with E-state index >= 15 is 0 Å². The molecule has 0 aliphatic carbocycles. The monoisotopic (exact) mass is 444 g/mol. The van der Waals surface area contributed by atoms with E-state index in [4.69, 9.17) is 18.9 Å². The zero-order valence-electron chi connectivity index (χ0n) is 18.6. The number of anilines is 1. The Morgan fingerprint density at radius 3 is 2.31 bits per heavy atom. The summed E-state index contributed by atoms with van der Waals surface area (Å²) in [5.74, 6) is -0.199. The summed E-state index contributed by atoms with van der Waals surface area (Å²) in [6.45, 7) is 3.67. The first-order valence-electron chi connectivity index (χ1n) is 10.1. The summed E-state index contributed by atoms with van der Waals surface area (Å²) < 4.78 is 21.1. The number of methoxy groups -OCH3 is 2. The largest absolute Gasteiger partial charge is 0.497 e. The van der Waals surface area contributed by atoms with Crippen molar-refractivity contribution in [2.24, 2.45) is 0 Å². The molecule has 0 aliphatic rings. The van der Waals surface area contributed by atoms with Crippen molar-refractivity contribution in [2.75, 3.05) is 32.7 Å². The van der Waals surface area contributed by atoms with Crippen LogP contribution < -0.4 is 24.8 Å². The first-order chi connectivity index (χ1) is 15.4. The Morgan fingerprint density at radius 1 is 0.969 bits per heavy atom. The molecule has 0 fully saturated rings. The second-order valence-corrected chi connectivity index (χ2v) is 6.77. The highest BCUT2D eigenvalue weighted by Gasteiger charge is 2.20. The number of hydrogen-bond donors (Lipinski definition) is 2. The number of ether oxygens (including phenoxy) is 4. The summed E-state index contributed by atoms with van der Waals surface area (Å²) in [7, 11) is 2.97. The summed E-state index contributed by atoms with van der Waals surface area (Å²) in [5.41, 5.74) is 0.786. The molecule has 0 saturated carbocycles. The van der Waals surface area contributed by atoms with E-state index in [1.807, 2.05) is 6.92 Å². The fourth-order valence-corrected chi connectivity index (χ4v) is 2.60. The Morgan fingerprint density at radius 2 is 1.69 bits per heavy atom. The van der Waals surface area contributed by atoms with Crippen LogP contribution in [0.25, 0.3) is 0 Å². The zero-order chi connectivity index (χ0) is 23.5. The van der Waals surface area contributed by atoms with Gasteiger partial charge in [0.2, 0.25) is 0 Å². The maximum Gasteiger partial charge on any atom is 0.339 e. The first-order valence-corrected chi connectivity index (χ1v) is 10.1. The molecule has 2 rings (SSSR count). The second-order valence-electron chi connectivity index (χ2n) is 6.77. The fraction of sp³-hybridized carbons (Fsp3) is 0.348. The molecule has 0 aliphatic heterocycles. The molecule has 1 atom stereocenters. The lowest BCUT2D eigenvalue weighted by Crippen LogP contribution is -2.36. The number of rotatable bonds is 11. The molecule has 0 spiro atoms. The number of esters is 1. The summed E-state index contributed by atoms with van der Waals surface area (Å²) in [4.78, 5) is 36.4. The number of amides is 2. The van der Waals surface area contributed by atoms with E-state index in [2.05, 4.69) is 10.6 Å². The van der Waals surface area contributed by atoms with Crippen molar-refractivity contribution in [1.82, 2.24) is 5.32 Å². The lowest BCUT2D eigenvalue weighted by molar-refractivity contribution is -0.129. The van der Waals surface area contributed by atoms with Crippen molar-refractivity contribution in [3.8, 4) is 17.2 Å². The minimum atomic E-state index is -0.933. The summed E-state index contributed by atoms with van der Waals surface area (Å²) in [5, 5.41) is 5.37. The van der Waals surface area contributed by atoms with Crippen molar-refractivity contribution in [3.63, 3.8) is 0 Å². The van der Waals surface area contributed by atoms with Crippen molar-refractivity contribution in [3.05, 3.63) is 48.0 Å². The molecule has 0 heterocycles. The summed E-state index contributed by atoms with van der Waals surface area (Å²) in [6.07, 6.45) is -0.152. The SMILES string of the molecule is CCCNC(=O)C(C)OC(=O)c1ccc(OCC(=O)Nc2ccc(OC)cc2)c(OC)c1. The van der Waals surface area contributed by atoms with Crippen LogP contribution in [0.4, 0.5) is 5.69 Å². The molecule has 2 amide bonds. The van der Waals surface area contributed by atoms with Gasteiger partial charge in [-0.2, -0.15) is 0 Å². The third-order valence-electron chi connectivity index (χ3n) is 4.33. The zero-order valence-corrected chi connectivity index (χ0v) is 18.6. The first kappa shape index (κ1) is 24.5. The minimum absolute atomic E-state index is 0.187. The van der Waals surface area contributed by atoms with E-state index in [9.17, 15) is 14.4 Å². The number of benzene rings is 2. The smallest absolute Gasteiger partial charge is 0.339 e. The molecule has 9 nitrogen and oxygen atoms in total. The third-order valence-corrected chi connectivity index (χ3v) is 4.33. The molecule has 32 heavy (non-hydrogen) atoms. The van der Waals surface area contributed by atoms with Crippen molar-refractivity contribution in [1.29, 1.82) is 0 Å². The van der Waals surface area contributed by atoms with E-state index < -0.39 is 12.1 Å². The average molecular weight is 444 g/mol. The highest BCUT2D eigenvalue weighted by atomic mass is 16.5. The van der Waals surface area contributed by atoms with E-state index in [0.717, 1.165) is 6.42 Å². The third kappa shape index (κ3) is 7.19. The summed E-state index contributed by atoms with van der Waals surface area (Å²) >= 11 is 0. The molecule has 0 saturated heterocycles. The van der Waals surface area contributed by atoms with Crippen LogP contribution in [0.3, 0.4) is 0 Å². The Kier molecular flexibility index (Phi) is 9.34. The van der Waals surface area contributed by atoms with Gasteiger partial charge in [0.1, 0.15) is 5.75 Å². The van der Waals surface area contributed by atoms with E-state index in [0.29, 0.717) is 18.0 Å². The van der Waals surface area contributed by atoms with Crippen LogP contribution in [0.15, 0.2) is 42.5 Å². The van der Waals surface area contributed by atoms with Gasteiger partial charge in [0.15, 0.2) is 24.2 Å². The number of hydrogen-bond acceptors (Lipinski definition) is 7. The Hall–Kier alpha value is -3.75.